The van der Waals surface area contributed by atoms with Gasteiger partial charge in [-0.3, -0.25) is 0 Å². The number of amides is 1. The summed E-state index contributed by atoms with van der Waals surface area (Å²) in [6.07, 6.45) is -0.817. The highest BCUT2D eigenvalue weighted by atomic mass is 31.2. The fourth-order valence-corrected chi connectivity index (χ4v) is 4.04. The summed E-state index contributed by atoms with van der Waals surface area (Å²) in [6.45, 7) is 3.42. The Balaban J connectivity index is 1.71. The Bertz CT molecular complexity index is 1060. The van der Waals surface area contributed by atoms with Crippen LogP contribution in [-0.2, 0) is 25.2 Å². The van der Waals surface area contributed by atoms with Crippen LogP contribution in [0, 0.1) is 5.92 Å². The van der Waals surface area contributed by atoms with Crippen molar-refractivity contribution in [3.8, 4) is 11.5 Å². The molecule has 1 N–H and O–H groups in total. The second kappa shape index (κ2) is 11.9. The normalized spacial score (nSPS) is 11.9. The van der Waals surface area contributed by atoms with Crippen molar-refractivity contribution >= 4 is 19.9 Å². The quantitative estimate of drug-likeness (QED) is 0.367. The molecule has 0 aliphatic carbocycles. The summed E-state index contributed by atoms with van der Waals surface area (Å²) in [5.41, 5.74) is 0.790. The van der Waals surface area contributed by atoms with Gasteiger partial charge in [-0.15, -0.1) is 0 Å². The number of carbonyl (C=O) groups is 2. The van der Waals surface area contributed by atoms with E-state index in [0.29, 0.717) is 0 Å². The van der Waals surface area contributed by atoms with Gasteiger partial charge in [0.25, 0.3) is 0 Å². The molecule has 1 amide bonds. The van der Waals surface area contributed by atoms with Crippen molar-refractivity contribution in [2.75, 3.05) is 0 Å². The molecule has 0 fully saturated rings. The molecule has 0 radical (unpaired) electrons. The summed E-state index contributed by atoms with van der Waals surface area (Å²) < 4.78 is 34.8. The van der Waals surface area contributed by atoms with Crippen molar-refractivity contribution in [2.24, 2.45) is 5.92 Å². The van der Waals surface area contributed by atoms with Crippen LogP contribution in [0.3, 0.4) is 0 Å². The van der Waals surface area contributed by atoms with E-state index in [1.165, 1.54) is 0 Å². The molecule has 0 bridgehead atoms. The summed E-state index contributed by atoms with van der Waals surface area (Å²) in [6, 6.07) is 24.3. The van der Waals surface area contributed by atoms with E-state index in [1.54, 1.807) is 86.6 Å². The van der Waals surface area contributed by atoms with Crippen LogP contribution in [0.1, 0.15) is 19.4 Å². The standard InChI is InChI=1S/C25H26NO7P/c1-19(2)23(26-25(28)30-18-20-12-6-3-7-13-20)24(27)33-34(29,31-21-14-8-4-9-15-21)32-22-16-10-5-11-17-22/h3-17,19,23H,18H2,1-2H3,(H,26,28). The van der Waals surface area contributed by atoms with Gasteiger partial charge < -0.3 is 23.6 Å². The lowest BCUT2D eigenvalue weighted by Gasteiger charge is -2.23. The van der Waals surface area contributed by atoms with Gasteiger partial charge in [-0.1, -0.05) is 80.6 Å². The van der Waals surface area contributed by atoms with Gasteiger partial charge in [0, 0.05) is 0 Å². The minimum absolute atomic E-state index is 0.0270. The second-order valence-corrected chi connectivity index (χ2v) is 9.04. The van der Waals surface area contributed by atoms with Crippen LogP contribution in [-0.4, -0.2) is 18.1 Å². The molecule has 0 saturated carbocycles. The molecule has 0 saturated heterocycles. The Morgan fingerprint density at radius 1 is 0.794 bits per heavy atom. The maximum Gasteiger partial charge on any atom is 0.649 e. The summed E-state index contributed by atoms with van der Waals surface area (Å²) in [4.78, 5) is 25.3. The Morgan fingerprint density at radius 3 is 1.74 bits per heavy atom. The summed E-state index contributed by atoms with van der Waals surface area (Å²) in [5, 5.41) is 2.47. The summed E-state index contributed by atoms with van der Waals surface area (Å²) in [5.74, 6) is -1.02. The van der Waals surface area contributed by atoms with E-state index in [2.05, 4.69) is 5.32 Å². The maximum atomic E-state index is 13.5. The number of phosphoric acid groups is 1. The van der Waals surface area contributed by atoms with Crippen LogP contribution < -0.4 is 14.4 Å². The number of ether oxygens (including phenoxy) is 1. The molecule has 8 nitrogen and oxygen atoms in total. The molecule has 1 atom stereocenters. The van der Waals surface area contributed by atoms with Crippen molar-refractivity contribution in [1.82, 2.24) is 5.32 Å². The highest BCUT2D eigenvalue weighted by molar-refractivity contribution is 7.50. The molecule has 0 aliphatic rings. The molecule has 0 spiro atoms. The third-order valence-electron chi connectivity index (χ3n) is 4.53. The van der Waals surface area contributed by atoms with E-state index in [9.17, 15) is 14.2 Å². The van der Waals surface area contributed by atoms with Gasteiger partial charge in [0.1, 0.15) is 24.1 Å². The summed E-state index contributed by atoms with van der Waals surface area (Å²) >= 11 is 0. The van der Waals surface area contributed by atoms with E-state index in [-0.39, 0.29) is 18.1 Å². The monoisotopic (exact) mass is 483 g/mol. The van der Waals surface area contributed by atoms with Crippen LogP contribution in [0.5, 0.6) is 11.5 Å². The second-order valence-electron chi connectivity index (χ2n) is 7.59. The average Bonchev–Trinajstić information content (AvgIpc) is 2.82. The lowest BCUT2D eigenvalue weighted by molar-refractivity contribution is -0.138. The maximum absolute atomic E-state index is 13.5. The Labute approximate surface area is 198 Å². The first-order chi connectivity index (χ1) is 16.3. The number of para-hydroxylation sites is 2. The number of benzene rings is 3. The van der Waals surface area contributed by atoms with Crippen LogP contribution in [0.25, 0.3) is 0 Å². The zero-order valence-corrected chi connectivity index (χ0v) is 19.7. The van der Waals surface area contributed by atoms with Crippen LogP contribution in [0.2, 0.25) is 0 Å². The molecule has 0 aromatic heterocycles. The lowest BCUT2D eigenvalue weighted by Crippen LogP contribution is -2.45. The number of nitrogens with one attached hydrogen (secondary N) is 1. The molecule has 3 rings (SSSR count). The zero-order chi connectivity index (χ0) is 24.4. The molecule has 3 aromatic rings. The van der Waals surface area contributed by atoms with Gasteiger partial charge >= 0.3 is 19.9 Å². The van der Waals surface area contributed by atoms with Crippen molar-refractivity contribution in [3.63, 3.8) is 0 Å². The third-order valence-corrected chi connectivity index (χ3v) is 5.80. The van der Waals surface area contributed by atoms with Gasteiger partial charge in [-0.05, 0) is 35.7 Å². The molecule has 178 valence electrons. The fraction of sp³-hybridized carbons (Fsp3) is 0.200. The lowest BCUT2D eigenvalue weighted by atomic mass is 10.1. The molecular weight excluding hydrogens is 457 g/mol. The van der Waals surface area contributed by atoms with Gasteiger partial charge in [0.2, 0.25) is 0 Å². The Hall–Kier alpha value is -3.77. The number of phosphoric ester groups is 1. The number of hydrogen-bond acceptors (Lipinski definition) is 7. The van der Waals surface area contributed by atoms with Gasteiger partial charge in [-0.25, -0.2) is 9.59 Å². The number of rotatable bonds is 10. The first-order valence-electron chi connectivity index (χ1n) is 10.6. The highest BCUT2D eigenvalue weighted by Gasteiger charge is 2.39. The Morgan fingerprint density at radius 2 is 1.26 bits per heavy atom. The molecule has 3 aromatic carbocycles. The highest BCUT2D eigenvalue weighted by Crippen LogP contribution is 2.50. The topological polar surface area (TPSA) is 100 Å². The first kappa shape index (κ1) is 24.9. The van der Waals surface area contributed by atoms with Gasteiger partial charge in [0.15, 0.2) is 0 Å². The van der Waals surface area contributed by atoms with Crippen LogP contribution >= 0.6 is 7.82 Å². The van der Waals surface area contributed by atoms with Gasteiger partial charge in [0.05, 0.1) is 0 Å². The number of hydrogen-bond donors (Lipinski definition) is 1. The van der Waals surface area contributed by atoms with Crippen molar-refractivity contribution in [3.05, 3.63) is 96.6 Å². The first-order valence-corrected chi connectivity index (χ1v) is 12.1. The van der Waals surface area contributed by atoms with E-state index < -0.39 is 31.8 Å². The van der Waals surface area contributed by atoms with Crippen molar-refractivity contribution in [1.29, 1.82) is 0 Å². The number of carbonyl (C=O) groups excluding carboxylic acids is 2. The van der Waals surface area contributed by atoms with E-state index in [1.807, 2.05) is 18.2 Å². The fourth-order valence-electron chi connectivity index (χ4n) is 2.83. The molecule has 34 heavy (non-hydrogen) atoms. The Kier molecular flexibility index (Phi) is 8.71. The van der Waals surface area contributed by atoms with Crippen LogP contribution in [0.15, 0.2) is 91.0 Å². The van der Waals surface area contributed by atoms with Gasteiger partial charge in [-0.2, -0.15) is 4.57 Å². The van der Waals surface area contributed by atoms with Crippen molar-refractivity contribution < 1.29 is 32.5 Å². The largest absolute Gasteiger partial charge is 0.649 e. The van der Waals surface area contributed by atoms with E-state index in [0.717, 1.165) is 5.56 Å². The predicted molar refractivity (Wildman–Crippen MR) is 126 cm³/mol. The van der Waals surface area contributed by atoms with Crippen LogP contribution in [0.4, 0.5) is 4.79 Å². The van der Waals surface area contributed by atoms with E-state index in [4.69, 9.17) is 18.3 Å². The smallest absolute Gasteiger partial charge is 0.445 e. The minimum Gasteiger partial charge on any atom is -0.445 e. The molecule has 1 unspecified atom stereocenters. The SMILES string of the molecule is CC(C)C(NC(=O)OCc1ccccc1)C(=O)OP(=O)(Oc1ccccc1)Oc1ccccc1. The number of alkyl carbamates (subject to hydrolysis) is 1. The van der Waals surface area contributed by atoms with Crippen molar-refractivity contribution in [2.45, 2.75) is 26.5 Å². The molecule has 9 heteroatoms. The average molecular weight is 483 g/mol. The summed E-state index contributed by atoms with van der Waals surface area (Å²) in [7, 11) is -4.46. The predicted octanol–water partition coefficient (Wildman–Crippen LogP) is 5.75. The minimum atomic E-state index is -4.46. The molecule has 0 heterocycles. The third kappa shape index (κ3) is 7.67. The molecule has 0 aliphatic heterocycles. The zero-order valence-electron chi connectivity index (χ0n) is 18.8. The van der Waals surface area contributed by atoms with E-state index >= 15 is 0 Å². The molecular formula is C25H26NO7P.